The molecular weight excluding hydrogens is 661 g/mol. The van der Waals surface area contributed by atoms with Gasteiger partial charge in [0.05, 0.1) is 41.3 Å². The molecule has 258 valence electrons. The van der Waals surface area contributed by atoms with Crippen molar-refractivity contribution in [1.29, 1.82) is 0 Å². The Morgan fingerprint density at radius 2 is 1.53 bits per heavy atom. The average molecular weight is 703 g/mol. The zero-order valence-corrected chi connectivity index (χ0v) is 29.5. The number of amides is 1. The average Bonchev–Trinajstić information content (AvgIpc) is 3.62. The Labute approximate surface area is 292 Å². The predicted octanol–water partition coefficient (Wildman–Crippen LogP) is 5.78. The summed E-state index contributed by atoms with van der Waals surface area (Å²) in [6.45, 7) is 6.39. The van der Waals surface area contributed by atoms with Crippen LogP contribution in [0.4, 0.5) is 11.4 Å². The van der Waals surface area contributed by atoms with Crippen molar-refractivity contribution in [2.45, 2.75) is 37.2 Å². The lowest BCUT2D eigenvalue weighted by atomic mass is 10.1. The van der Waals surface area contributed by atoms with Gasteiger partial charge in [-0.1, -0.05) is 42.8 Å². The van der Waals surface area contributed by atoms with Crippen LogP contribution >= 0.6 is 11.3 Å². The van der Waals surface area contributed by atoms with Gasteiger partial charge in [-0.2, -0.15) is 0 Å². The number of likely N-dealkylation sites (tertiary alicyclic amines) is 1. The van der Waals surface area contributed by atoms with Crippen molar-refractivity contribution < 1.29 is 27.5 Å². The molecule has 1 aromatic heterocycles. The van der Waals surface area contributed by atoms with Gasteiger partial charge in [-0.15, -0.1) is 11.3 Å². The van der Waals surface area contributed by atoms with Gasteiger partial charge in [-0.05, 0) is 85.1 Å². The third-order valence-electron chi connectivity index (χ3n) is 9.05. The van der Waals surface area contributed by atoms with Crippen LogP contribution in [-0.2, 0) is 32.6 Å². The summed E-state index contributed by atoms with van der Waals surface area (Å²) in [6.07, 6.45) is 3.80. The Morgan fingerprint density at radius 3 is 2.18 bits per heavy atom. The molecule has 1 N–H and O–H groups in total. The highest BCUT2D eigenvalue weighted by Gasteiger charge is 2.29. The van der Waals surface area contributed by atoms with Gasteiger partial charge in [0, 0.05) is 38.9 Å². The Balaban J connectivity index is 1.24. The van der Waals surface area contributed by atoms with Crippen molar-refractivity contribution in [1.82, 2.24) is 10.2 Å². The van der Waals surface area contributed by atoms with Crippen LogP contribution in [-0.4, -0.2) is 78.7 Å². The number of anilines is 2. The number of sulfonamides is 1. The van der Waals surface area contributed by atoms with Crippen LogP contribution < -0.4 is 14.5 Å². The first-order valence-electron chi connectivity index (χ1n) is 16.6. The summed E-state index contributed by atoms with van der Waals surface area (Å²) < 4.78 is 39.8. The molecule has 3 aromatic carbocycles. The van der Waals surface area contributed by atoms with Crippen LogP contribution in [0.5, 0.6) is 0 Å². The Morgan fingerprint density at radius 1 is 0.878 bits per heavy atom. The molecule has 4 aromatic rings. The highest BCUT2D eigenvalue weighted by Crippen LogP contribution is 2.39. The lowest BCUT2D eigenvalue weighted by Gasteiger charge is -2.29. The molecule has 0 atom stereocenters. The first-order valence-corrected chi connectivity index (χ1v) is 18.8. The molecule has 49 heavy (non-hydrogen) atoms. The number of benzene rings is 3. The van der Waals surface area contributed by atoms with Crippen molar-refractivity contribution in [3.05, 3.63) is 100 Å². The largest absolute Gasteiger partial charge is 0.465 e. The number of hydrogen-bond donors (Lipinski definition) is 1. The maximum Gasteiger partial charge on any atom is 0.337 e. The highest BCUT2D eigenvalue weighted by atomic mass is 32.2. The number of thiophene rings is 1. The second-order valence-electron chi connectivity index (χ2n) is 12.3. The lowest BCUT2D eigenvalue weighted by Crippen LogP contribution is -2.36. The molecule has 6 rings (SSSR count). The number of ether oxygens (including phenoxy) is 2. The minimum atomic E-state index is -4.12. The van der Waals surface area contributed by atoms with Crippen LogP contribution in [0, 0.1) is 0 Å². The summed E-state index contributed by atoms with van der Waals surface area (Å²) >= 11 is 1.15. The number of carbonyl (C=O) groups excluding carboxylic acids is 2. The number of rotatable bonds is 11. The first kappa shape index (κ1) is 34.6. The number of carbonyl (C=O) groups is 2. The van der Waals surface area contributed by atoms with Crippen molar-refractivity contribution in [3.63, 3.8) is 0 Å². The molecule has 1 amide bonds. The van der Waals surface area contributed by atoms with Crippen molar-refractivity contribution in [2.24, 2.45) is 0 Å². The number of morpholine rings is 1. The van der Waals surface area contributed by atoms with Gasteiger partial charge in [-0.3, -0.25) is 14.0 Å². The molecular formula is C37H42N4O6S2. The van der Waals surface area contributed by atoms with Gasteiger partial charge in [-0.25, -0.2) is 13.2 Å². The summed E-state index contributed by atoms with van der Waals surface area (Å²) in [5.41, 5.74) is 4.60. The molecule has 12 heteroatoms. The molecule has 0 aliphatic carbocycles. The fourth-order valence-corrected chi connectivity index (χ4v) is 8.95. The number of nitrogens with zero attached hydrogens (tertiary/aromatic N) is 3. The van der Waals surface area contributed by atoms with Crippen molar-refractivity contribution >= 4 is 44.6 Å². The van der Waals surface area contributed by atoms with Gasteiger partial charge in [0.15, 0.2) is 0 Å². The van der Waals surface area contributed by atoms with Gasteiger partial charge in [0.1, 0.15) is 4.90 Å². The van der Waals surface area contributed by atoms with Gasteiger partial charge in [0.25, 0.3) is 15.9 Å². The molecule has 0 radical (unpaired) electrons. The Bertz CT molecular complexity index is 1850. The van der Waals surface area contributed by atoms with Crippen LogP contribution in [0.15, 0.2) is 83.8 Å². The van der Waals surface area contributed by atoms with E-state index >= 15 is 0 Å². The maximum absolute atomic E-state index is 14.2. The fraction of sp³-hybridized carbons (Fsp3) is 0.351. The van der Waals surface area contributed by atoms with Crippen LogP contribution in [0.2, 0.25) is 0 Å². The minimum Gasteiger partial charge on any atom is -0.465 e. The quantitative estimate of drug-likeness (QED) is 0.196. The lowest BCUT2D eigenvalue weighted by molar-refractivity contribution is 0.0600. The zero-order chi connectivity index (χ0) is 34.4. The van der Waals surface area contributed by atoms with Crippen LogP contribution in [0.25, 0.3) is 10.4 Å². The SMILES string of the molecule is COC(=O)c1ccc(N(C)S(=O)(=O)c2cc(C(=O)NCc3ccc(CN4CCCCC4)cc3)sc2-c2ccc(N3CCOCC3)cc2)cc1. The van der Waals surface area contributed by atoms with E-state index in [1.807, 2.05) is 36.4 Å². The van der Waals surface area contributed by atoms with Crippen molar-refractivity contribution in [2.75, 3.05) is 62.8 Å². The van der Waals surface area contributed by atoms with E-state index in [1.54, 1.807) is 12.1 Å². The molecule has 0 spiro atoms. The van der Waals surface area contributed by atoms with Crippen molar-refractivity contribution in [3.8, 4) is 10.4 Å². The van der Waals surface area contributed by atoms with E-state index in [9.17, 15) is 18.0 Å². The zero-order valence-electron chi connectivity index (χ0n) is 27.9. The monoisotopic (exact) mass is 702 g/mol. The third kappa shape index (κ3) is 8.16. The molecule has 3 heterocycles. The second-order valence-corrected chi connectivity index (χ2v) is 15.3. The van der Waals surface area contributed by atoms with Gasteiger partial charge in [0.2, 0.25) is 0 Å². The number of esters is 1. The minimum absolute atomic E-state index is 0.0309. The molecule has 10 nitrogen and oxygen atoms in total. The number of nitrogens with one attached hydrogen (secondary N) is 1. The highest BCUT2D eigenvalue weighted by molar-refractivity contribution is 7.93. The van der Waals surface area contributed by atoms with E-state index in [0.29, 0.717) is 46.3 Å². The smallest absolute Gasteiger partial charge is 0.337 e. The Kier molecular flexibility index (Phi) is 11.0. The molecule has 0 saturated carbocycles. The number of methoxy groups -OCH3 is 1. The summed E-state index contributed by atoms with van der Waals surface area (Å²) in [6, 6.07) is 23.6. The second kappa shape index (κ2) is 15.5. The molecule has 0 unspecified atom stereocenters. The fourth-order valence-electron chi connectivity index (χ4n) is 6.14. The van der Waals surface area contributed by atoms with E-state index in [1.165, 1.54) is 57.2 Å². The van der Waals surface area contributed by atoms with E-state index in [4.69, 9.17) is 9.47 Å². The molecule has 2 aliphatic rings. The van der Waals surface area contributed by atoms with E-state index in [-0.39, 0.29) is 10.8 Å². The molecule has 0 bridgehead atoms. The van der Waals surface area contributed by atoms with E-state index in [0.717, 1.165) is 59.6 Å². The van der Waals surface area contributed by atoms with Crippen LogP contribution in [0.1, 0.15) is 50.4 Å². The standard InChI is InChI=1S/C37H42N4O6S2/c1-39(31-14-12-30(13-15-31)37(43)46-2)49(44,45)34-24-33(48-35(34)29-10-16-32(17-11-29)41-20-22-47-23-21-41)36(42)38-25-27-6-8-28(9-7-27)26-40-18-4-3-5-19-40/h6-17,24H,3-5,18-23,25-26H2,1-2H3,(H,38,42). The van der Waals surface area contributed by atoms with Gasteiger partial charge < -0.3 is 19.7 Å². The van der Waals surface area contributed by atoms with Gasteiger partial charge >= 0.3 is 5.97 Å². The molecule has 2 aliphatic heterocycles. The topological polar surface area (TPSA) is 108 Å². The summed E-state index contributed by atoms with van der Waals surface area (Å²) in [5, 5.41) is 2.99. The summed E-state index contributed by atoms with van der Waals surface area (Å²) in [7, 11) is -1.37. The van der Waals surface area contributed by atoms with E-state index < -0.39 is 16.0 Å². The van der Waals surface area contributed by atoms with Crippen LogP contribution in [0.3, 0.4) is 0 Å². The normalized spacial score (nSPS) is 15.5. The summed E-state index contributed by atoms with van der Waals surface area (Å²) in [5.74, 6) is -0.859. The maximum atomic E-state index is 14.2. The van der Waals surface area contributed by atoms with E-state index in [2.05, 4.69) is 27.2 Å². The third-order valence-corrected chi connectivity index (χ3v) is 12.2. The number of hydrogen-bond acceptors (Lipinski definition) is 9. The predicted molar refractivity (Wildman–Crippen MR) is 193 cm³/mol. The molecule has 2 fully saturated rings. The Hall–Kier alpha value is -4.23. The number of piperidine rings is 1. The first-order chi connectivity index (χ1) is 23.7. The molecule has 2 saturated heterocycles. The summed E-state index contributed by atoms with van der Waals surface area (Å²) in [4.78, 5) is 31.0.